The zero-order valence-corrected chi connectivity index (χ0v) is 10.9. The molecule has 0 spiro atoms. The van der Waals surface area contributed by atoms with Gasteiger partial charge in [-0.1, -0.05) is 24.3 Å². The molecule has 2 atom stereocenters. The van der Waals surface area contributed by atoms with Crippen LogP contribution in [0.4, 0.5) is 0 Å². The van der Waals surface area contributed by atoms with Gasteiger partial charge in [-0.2, -0.15) is 0 Å². The van der Waals surface area contributed by atoms with Crippen LogP contribution in [0.25, 0.3) is 0 Å². The summed E-state index contributed by atoms with van der Waals surface area (Å²) in [7, 11) is 0. The molecule has 1 aromatic rings. The topological polar surface area (TPSA) is 49.8 Å². The minimum Gasteiger partial charge on any atom is -0.480 e. The zero-order valence-electron chi connectivity index (χ0n) is 10.9. The van der Waals surface area contributed by atoms with Crippen LogP contribution in [0.1, 0.15) is 30.0 Å². The van der Waals surface area contributed by atoms with Crippen molar-refractivity contribution in [3.05, 3.63) is 35.4 Å². The SMILES string of the molecule is O=C(O)C1c2ccccc2CCN1CC1CCCO1. The highest BCUT2D eigenvalue weighted by molar-refractivity contribution is 5.76. The van der Waals surface area contributed by atoms with Crippen molar-refractivity contribution in [2.75, 3.05) is 19.7 Å². The minimum atomic E-state index is -0.759. The zero-order chi connectivity index (χ0) is 13.2. The highest BCUT2D eigenvalue weighted by Crippen LogP contribution is 2.31. The first kappa shape index (κ1) is 12.6. The summed E-state index contributed by atoms with van der Waals surface area (Å²) in [6, 6.07) is 7.36. The lowest BCUT2D eigenvalue weighted by Gasteiger charge is -2.35. The Morgan fingerprint density at radius 3 is 3.00 bits per heavy atom. The Labute approximate surface area is 113 Å². The molecule has 0 bridgehead atoms. The molecule has 1 N–H and O–H groups in total. The molecule has 1 fully saturated rings. The predicted molar refractivity (Wildman–Crippen MR) is 71.1 cm³/mol. The lowest BCUT2D eigenvalue weighted by Crippen LogP contribution is -2.43. The summed E-state index contributed by atoms with van der Waals surface area (Å²) in [5.41, 5.74) is 2.11. The van der Waals surface area contributed by atoms with Crippen molar-refractivity contribution in [1.82, 2.24) is 4.90 Å². The van der Waals surface area contributed by atoms with Crippen LogP contribution in [-0.4, -0.2) is 41.8 Å². The Morgan fingerprint density at radius 1 is 1.42 bits per heavy atom. The Balaban J connectivity index is 1.83. The Bertz CT molecular complexity index is 468. The van der Waals surface area contributed by atoms with Crippen LogP contribution in [0, 0.1) is 0 Å². The molecular weight excluding hydrogens is 242 g/mol. The number of fused-ring (bicyclic) bond motifs is 1. The molecule has 3 rings (SSSR count). The van der Waals surface area contributed by atoms with E-state index in [1.807, 2.05) is 24.3 Å². The maximum Gasteiger partial charge on any atom is 0.325 e. The fourth-order valence-corrected chi connectivity index (χ4v) is 3.15. The van der Waals surface area contributed by atoms with E-state index in [1.54, 1.807) is 0 Å². The van der Waals surface area contributed by atoms with Crippen molar-refractivity contribution >= 4 is 5.97 Å². The van der Waals surface area contributed by atoms with Crippen molar-refractivity contribution in [1.29, 1.82) is 0 Å². The second-order valence-corrected chi connectivity index (χ2v) is 5.32. The molecule has 2 unspecified atom stereocenters. The van der Waals surface area contributed by atoms with E-state index in [-0.39, 0.29) is 6.10 Å². The maximum absolute atomic E-state index is 11.6. The number of hydrogen-bond acceptors (Lipinski definition) is 3. The lowest BCUT2D eigenvalue weighted by molar-refractivity contribution is -0.144. The number of hydrogen-bond donors (Lipinski definition) is 1. The number of benzene rings is 1. The Kier molecular flexibility index (Phi) is 3.53. The summed E-state index contributed by atoms with van der Waals surface area (Å²) in [4.78, 5) is 13.7. The Hall–Kier alpha value is -1.39. The number of carboxylic acids is 1. The normalized spacial score (nSPS) is 27.2. The summed E-state index contributed by atoms with van der Waals surface area (Å²) >= 11 is 0. The van der Waals surface area contributed by atoms with E-state index in [1.165, 1.54) is 5.56 Å². The summed E-state index contributed by atoms with van der Waals surface area (Å²) in [5, 5.41) is 9.55. The van der Waals surface area contributed by atoms with Gasteiger partial charge in [0.2, 0.25) is 0 Å². The standard InChI is InChI=1S/C15H19NO3/c17-15(18)14-13-6-2-1-4-11(13)7-8-16(14)10-12-5-3-9-19-12/h1-2,4,6,12,14H,3,5,7-10H2,(H,17,18). The van der Waals surface area contributed by atoms with E-state index < -0.39 is 12.0 Å². The van der Waals surface area contributed by atoms with E-state index in [0.29, 0.717) is 0 Å². The fourth-order valence-electron chi connectivity index (χ4n) is 3.15. The molecule has 1 aromatic carbocycles. The molecule has 1 saturated heterocycles. The molecule has 2 aliphatic rings. The number of ether oxygens (including phenoxy) is 1. The van der Waals surface area contributed by atoms with Gasteiger partial charge in [0.25, 0.3) is 0 Å². The monoisotopic (exact) mass is 261 g/mol. The lowest BCUT2D eigenvalue weighted by atomic mass is 9.92. The number of aliphatic carboxylic acids is 1. The van der Waals surface area contributed by atoms with Crippen LogP contribution in [0.3, 0.4) is 0 Å². The van der Waals surface area contributed by atoms with Crippen molar-refractivity contribution < 1.29 is 14.6 Å². The van der Waals surface area contributed by atoms with Crippen LogP contribution in [0.15, 0.2) is 24.3 Å². The first-order valence-electron chi connectivity index (χ1n) is 6.92. The van der Waals surface area contributed by atoms with Crippen molar-refractivity contribution in [3.8, 4) is 0 Å². The third-order valence-electron chi connectivity index (χ3n) is 4.08. The van der Waals surface area contributed by atoms with E-state index >= 15 is 0 Å². The third kappa shape index (κ3) is 2.51. The van der Waals surface area contributed by atoms with Crippen LogP contribution < -0.4 is 0 Å². The smallest absolute Gasteiger partial charge is 0.325 e. The van der Waals surface area contributed by atoms with E-state index in [9.17, 15) is 9.90 Å². The second kappa shape index (κ2) is 5.31. The average Bonchev–Trinajstić information content (AvgIpc) is 2.91. The Morgan fingerprint density at radius 2 is 2.26 bits per heavy atom. The van der Waals surface area contributed by atoms with E-state index in [0.717, 1.165) is 44.5 Å². The van der Waals surface area contributed by atoms with Crippen LogP contribution >= 0.6 is 0 Å². The highest BCUT2D eigenvalue weighted by Gasteiger charge is 2.34. The summed E-state index contributed by atoms with van der Waals surface area (Å²) in [5.74, 6) is -0.759. The van der Waals surface area contributed by atoms with Crippen LogP contribution in [0.2, 0.25) is 0 Å². The van der Waals surface area contributed by atoms with Crippen LogP contribution in [0.5, 0.6) is 0 Å². The number of nitrogens with zero attached hydrogens (tertiary/aromatic N) is 1. The summed E-state index contributed by atoms with van der Waals surface area (Å²) < 4.78 is 5.64. The van der Waals surface area contributed by atoms with Gasteiger partial charge < -0.3 is 9.84 Å². The molecule has 2 heterocycles. The number of rotatable bonds is 3. The summed E-state index contributed by atoms with van der Waals surface area (Å²) in [6.45, 7) is 2.34. The van der Waals surface area contributed by atoms with E-state index in [4.69, 9.17) is 4.74 Å². The maximum atomic E-state index is 11.6. The van der Waals surface area contributed by atoms with Crippen molar-refractivity contribution in [2.24, 2.45) is 0 Å². The van der Waals surface area contributed by atoms with Gasteiger partial charge >= 0.3 is 5.97 Å². The largest absolute Gasteiger partial charge is 0.480 e. The molecular formula is C15H19NO3. The second-order valence-electron chi connectivity index (χ2n) is 5.32. The first-order chi connectivity index (χ1) is 9.25. The molecule has 4 heteroatoms. The molecule has 0 amide bonds. The van der Waals surface area contributed by atoms with Gasteiger partial charge in [0, 0.05) is 19.7 Å². The predicted octanol–water partition coefficient (Wildman–Crippen LogP) is 1.85. The highest BCUT2D eigenvalue weighted by atomic mass is 16.5. The molecule has 19 heavy (non-hydrogen) atoms. The van der Waals surface area contributed by atoms with Gasteiger partial charge in [0.1, 0.15) is 6.04 Å². The van der Waals surface area contributed by atoms with E-state index in [2.05, 4.69) is 4.90 Å². The third-order valence-corrected chi connectivity index (χ3v) is 4.08. The summed E-state index contributed by atoms with van der Waals surface area (Å²) in [6.07, 6.45) is 3.26. The number of carboxylic acid groups (broad SMARTS) is 1. The first-order valence-corrected chi connectivity index (χ1v) is 6.92. The molecule has 0 aliphatic carbocycles. The van der Waals surface area contributed by atoms with Crippen molar-refractivity contribution in [3.63, 3.8) is 0 Å². The van der Waals surface area contributed by atoms with Crippen molar-refractivity contribution in [2.45, 2.75) is 31.4 Å². The van der Waals surface area contributed by atoms with Gasteiger partial charge in [-0.3, -0.25) is 9.69 Å². The molecule has 102 valence electrons. The number of carbonyl (C=O) groups is 1. The van der Waals surface area contributed by atoms with Gasteiger partial charge in [0.05, 0.1) is 6.10 Å². The van der Waals surface area contributed by atoms with Crippen LogP contribution in [-0.2, 0) is 16.0 Å². The quantitative estimate of drug-likeness (QED) is 0.902. The fraction of sp³-hybridized carbons (Fsp3) is 0.533. The van der Waals surface area contributed by atoms with Gasteiger partial charge in [-0.15, -0.1) is 0 Å². The molecule has 0 aromatic heterocycles. The molecule has 4 nitrogen and oxygen atoms in total. The van der Waals surface area contributed by atoms with Gasteiger partial charge in [-0.05, 0) is 30.4 Å². The van der Waals surface area contributed by atoms with Gasteiger partial charge in [-0.25, -0.2) is 0 Å². The molecule has 0 radical (unpaired) electrons. The average molecular weight is 261 g/mol. The molecule has 2 aliphatic heterocycles. The minimum absolute atomic E-state index is 0.201. The van der Waals surface area contributed by atoms with Gasteiger partial charge in [0.15, 0.2) is 0 Å². The molecule has 0 saturated carbocycles.